The van der Waals surface area contributed by atoms with Crippen molar-refractivity contribution < 1.29 is 62.7 Å². The van der Waals surface area contributed by atoms with Crippen LogP contribution in [-0.4, -0.2) is 84.6 Å². The minimum Gasteiger partial charge on any atom is -0.505 e. The molecule has 0 fully saturated rings. The lowest BCUT2D eigenvalue weighted by atomic mass is 10.1. The molecule has 8 rings (SSSR count). The molecule has 0 saturated heterocycles. The monoisotopic (exact) mass is 1020 g/mol. The Hall–Kier alpha value is -6.82. The molecule has 3 heterocycles. The van der Waals surface area contributed by atoms with Gasteiger partial charge < -0.3 is 25.3 Å². The highest BCUT2D eigenvalue weighted by Crippen LogP contribution is 2.48. The average Bonchev–Trinajstić information content (AvgIpc) is 3.93. The quantitative estimate of drug-likeness (QED) is 0.0138. The van der Waals surface area contributed by atoms with Gasteiger partial charge >= 0.3 is 0 Å². The predicted molar refractivity (Wildman–Crippen MR) is 250 cm³/mol. The van der Waals surface area contributed by atoms with E-state index in [1.54, 1.807) is 66.4 Å². The zero-order chi connectivity index (χ0) is 49.0. The van der Waals surface area contributed by atoms with Gasteiger partial charge in [-0.2, -0.15) is 13.7 Å². The number of phenolic OH excluding ortho intramolecular Hbond substituents is 1. The summed E-state index contributed by atoms with van der Waals surface area (Å²) in [7, 11) is -5.06. The van der Waals surface area contributed by atoms with E-state index in [1.807, 2.05) is 0 Å². The fraction of sp³-hybridized carbons (Fsp3) is 0.146. The molecule has 8 aromatic rings. The first-order chi connectivity index (χ1) is 33.3. The molecule has 354 valence electrons. The summed E-state index contributed by atoms with van der Waals surface area (Å²) < 4.78 is 47.2. The fourth-order valence-corrected chi connectivity index (χ4v) is 9.57. The van der Waals surface area contributed by atoms with Crippen LogP contribution in [0.1, 0.15) is 16.7 Å². The van der Waals surface area contributed by atoms with Crippen molar-refractivity contribution in [3.8, 4) is 17.7 Å². The number of azo groups is 3. The highest BCUT2D eigenvalue weighted by atomic mass is 32.2. The Balaban J connectivity index is 1.22. The van der Waals surface area contributed by atoms with Crippen molar-refractivity contribution in [3.05, 3.63) is 89.5 Å². The van der Waals surface area contributed by atoms with Crippen LogP contribution < -0.4 is 4.90 Å². The Morgan fingerprint density at radius 2 is 1.52 bits per heavy atom. The summed E-state index contributed by atoms with van der Waals surface area (Å²) in [4.78, 5) is 10.4. The largest absolute Gasteiger partial charge is 0.505 e. The molecule has 0 amide bonds. The number of hydrogen-bond donors (Lipinski definition) is 7. The van der Waals surface area contributed by atoms with Crippen LogP contribution in [0.5, 0.6) is 11.6 Å². The molecular weight excluding hydrogens is 983 g/mol. The van der Waals surface area contributed by atoms with E-state index >= 15 is 0 Å². The average molecular weight is 1020 g/mol. The maximum Gasteiger partial charge on any atom is 0.296 e. The van der Waals surface area contributed by atoms with Crippen LogP contribution in [0.4, 0.5) is 39.3 Å². The summed E-state index contributed by atoms with van der Waals surface area (Å²) >= 11 is 2.37. The van der Waals surface area contributed by atoms with Crippen molar-refractivity contribution in [2.45, 2.75) is 28.5 Å². The number of nitriles is 1. The minimum atomic E-state index is -5.06. The molecule has 0 spiro atoms. The van der Waals surface area contributed by atoms with Crippen molar-refractivity contribution in [1.82, 2.24) is 14.4 Å². The number of aromatic nitrogens is 3. The SMILES string of the molecule is Cc1cc(N=Nc2c(SOOO)cc3cc(S(=O)(=O)O)c(N=Nc4c(C)c(C#N)c5nc6ccccc6n5c4O)cc3c2O)c(N(CCO)CCO)cc1N=Nc1nc2ccc(SOOO)cc2s1. The number of hydrogen-bond acceptors (Lipinski definition) is 25. The number of para-hydroxylation sites is 2. The summed E-state index contributed by atoms with van der Waals surface area (Å²) in [6.07, 6.45) is 0. The zero-order valence-electron chi connectivity index (χ0n) is 35.4. The number of rotatable bonds is 18. The summed E-state index contributed by atoms with van der Waals surface area (Å²) in [5.41, 5.74) is 2.23. The van der Waals surface area contributed by atoms with E-state index in [4.69, 9.17) is 10.5 Å². The number of pyridine rings is 1. The van der Waals surface area contributed by atoms with Gasteiger partial charge in [0.15, 0.2) is 17.1 Å². The van der Waals surface area contributed by atoms with Crippen LogP contribution in [0.3, 0.4) is 0 Å². The number of aromatic hydroxyl groups is 2. The van der Waals surface area contributed by atoms with Crippen LogP contribution in [0.15, 0.2) is 118 Å². The van der Waals surface area contributed by atoms with Gasteiger partial charge in [0, 0.05) is 28.9 Å². The molecular formula is C41H33N11O13S4. The summed E-state index contributed by atoms with van der Waals surface area (Å²) in [5, 5.41) is 104. The molecule has 24 nitrogen and oxygen atoms in total. The van der Waals surface area contributed by atoms with E-state index in [0.717, 1.165) is 28.9 Å². The molecule has 5 aromatic carbocycles. The maximum atomic E-state index is 12.8. The summed E-state index contributed by atoms with van der Waals surface area (Å²) in [6.45, 7) is 2.62. The lowest BCUT2D eigenvalue weighted by Gasteiger charge is -2.25. The van der Waals surface area contributed by atoms with E-state index in [-0.39, 0.29) is 75.8 Å². The van der Waals surface area contributed by atoms with E-state index in [2.05, 4.69) is 65.5 Å². The Morgan fingerprint density at radius 1 is 0.812 bits per heavy atom. The second-order valence-electron chi connectivity index (χ2n) is 14.4. The molecule has 28 heteroatoms. The number of aliphatic hydroxyl groups is 2. The molecule has 0 atom stereocenters. The highest BCUT2D eigenvalue weighted by molar-refractivity contribution is 7.95. The van der Waals surface area contributed by atoms with Gasteiger partial charge in [0.1, 0.15) is 33.6 Å². The van der Waals surface area contributed by atoms with Gasteiger partial charge in [-0.3, -0.25) is 8.95 Å². The molecule has 7 N–H and O–H groups in total. The molecule has 0 radical (unpaired) electrons. The van der Waals surface area contributed by atoms with Crippen molar-refractivity contribution in [2.75, 3.05) is 31.2 Å². The topological polar surface area (TPSA) is 344 Å². The second kappa shape index (κ2) is 20.8. The van der Waals surface area contributed by atoms with Crippen molar-refractivity contribution in [3.63, 3.8) is 0 Å². The van der Waals surface area contributed by atoms with Crippen molar-refractivity contribution >= 4 is 122 Å². The van der Waals surface area contributed by atoms with Crippen LogP contribution in [0, 0.1) is 25.2 Å². The number of benzene rings is 5. The van der Waals surface area contributed by atoms with Crippen molar-refractivity contribution in [1.29, 1.82) is 5.26 Å². The number of anilines is 1. The highest BCUT2D eigenvalue weighted by Gasteiger charge is 2.25. The van der Waals surface area contributed by atoms with Gasteiger partial charge in [0.05, 0.1) is 74.8 Å². The maximum absolute atomic E-state index is 12.8. The number of aliphatic hydroxyl groups excluding tert-OH is 2. The fourth-order valence-electron chi connectivity index (χ4n) is 7.13. The Kier molecular flexibility index (Phi) is 14.7. The number of fused-ring (bicyclic) bond motifs is 5. The van der Waals surface area contributed by atoms with Crippen LogP contribution in [0.2, 0.25) is 0 Å². The summed E-state index contributed by atoms with van der Waals surface area (Å²) in [5.74, 6) is -1.10. The second-order valence-corrected chi connectivity index (χ2v) is 18.3. The lowest BCUT2D eigenvalue weighted by Crippen LogP contribution is -2.29. The predicted octanol–water partition coefficient (Wildman–Crippen LogP) is 10.3. The lowest BCUT2D eigenvalue weighted by molar-refractivity contribution is -0.432. The van der Waals surface area contributed by atoms with E-state index in [0.29, 0.717) is 55.6 Å². The van der Waals surface area contributed by atoms with Crippen LogP contribution in [-0.2, 0) is 28.9 Å². The first-order valence-electron chi connectivity index (χ1n) is 19.7. The Labute approximate surface area is 400 Å². The third-order valence-corrected chi connectivity index (χ3v) is 13.2. The van der Waals surface area contributed by atoms with E-state index in [1.165, 1.54) is 28.7 Å². The molecule has 69 heavy (non-hydrogen) atoms. The number of aryl methyl sites for hydroxylation is 1. The zero-order valence-corrected chi connectivity index (χ0v) is 38.7. The van der Waals surface area contributed by atoms with Gasteiger partial charge in [0.2, 0.25) is 11.0 Å². The molecule has 3 aromatic heterocycles. The third-order valence-electron chi connectivity index (χ3n) is 10.3. The minimum absolute atomic E-state index is 0.0137. The molecule has 0 bridgehead atoms. The van der Waals surface area contributed by atoms with Gasteiger partial charge in [0.25, 0.3) is 10.1 Å². The number of imidazole rings is 1. The van der Waals surface area contributed by atoms with E-state index < -0.39 is 32.3 Å². The number of nitrogens with zero attached hydrogens (tertiary/aromatic N) is 11. The number of thiazole rings is 1. The normalized spacial score (nSPS) is 12.3. The van der Waals surface area contributed by atoms with Gasteiger partial charge in [-0.25, -0.2) is 20.5 Å². The molecule has 0 unspecified atom stereocenters. The van der Waals surface area contributed by atoms with Crippen LogP contribution >= 0.6 is 35.4 Å². The molecule has 0 aliphatic carbocycles. The van der Waals surface area contributed by atoms with Gasteiger partial charge in [-0.1, -0.05) is 33.5 Å². The molecule has 0 aliphatic rings. The molecule has 0 aliphatic heterocycles. The first kappa shape index (κ1) is 48.6. The number of phenols is 1. The Morgan fingerprint density at radius 3 is 2.25 bits per heavy atom. The standard InChI is InChI=1S/C41H33N11O13S4/c1-20-13-29(32(51(9-11-53)10-12-54)18-28(20)45-50-41-44-27-8-7-23(67-64-62-57)16-33(27)66-41)46-49-37-34(68-65-63-58)14-22-15-35(69(59,60)61)30(17-24(22)38(37)55)47-48-36-21(2)25(19-42)39-43-26-5-3-4-6-31(26)52(39)40(36)56/h3-8,13-18,53-58H,9-12H2,1-2H3,(H,59,60,61). The Bertz CT molecular complexity index is 3540. The molecule has 0 saturated carbocycles. The third kappa shape index (κ3) is 10.0. The first-order valence-corrected chi connectivity index (χ1v) is 23.4. The van der Waals surface area contributed by atoms with Crippen LogP contribution in [0.25, 0.3) is 37.7 Å². The summed E-state index contributed by atoms with van der Waals surface area (Å²) in [6, 6.07) is 20.6. The van der Waals surface area contributed by atoms with Gasteiger partial charge in [-0.05, 0) is 85.5 Å². The smallest absolute Gasteiger partial charge is 0.296 e. The van der Waals surface area contributed by atoms with Gasteiger partial charge in [-0.15, -0.1) is 39.4 Å². The van der Waals surface area contributed by atoms with E-state index in [9.17, 15) is 38.7 Å². The van der Waals surface area contributed by atoms with Crippen molar-refractivity contribution in [2.24, 2.45) is 30.7 Å².